The Morgan fingerprint density at radius 3 is 2.20 bits per heavy atom. The molecule has 10 nitrogen and oxygen atoms in total. The number of hydrogen-bond acceptors (Lipinski definition) is 7. The number of amides is 2. The van der Waals surface area contributed by atoms with Crippen LogP contribution in [0.25, 0.3) is 0 Å². The first kappa shape index (κ1) is 30.9. The lowest BCUT2D eigenvalue weighted by atomic mass is 10.0. The van der Waals surface area contributed by atoms with Crippen molar-refractivity contribution in [3.8, 4) is 5.75 Å². The van der Waals surface area contributed by atoms with E-state index in [1.165, 1.54) is 33.5 Å². The number of sulfonamides is 1. The highest BCUT2D eigenvalue weighted by Crippen LogP contribution is 2.25. The van der Waals surface area contributed by atoms with E-state index in [-0.39, 0.29) is 30.5 Å². The molecule has 0 saturated carbocycles. The van der Waals surface area contributed by atoms with Crippen LogP contribution in [0.15, 0.2) is 114 Å². The van der Waals surface area contributed by atoms with E-state index in [0.717, 1.165) is 5.56 Å². The number of pyridine rings is 1. The topological polar surface area (TPSA) is 118 Å². The molecule has 2 heterocycles. The van der Waals surface area contributed by atoms with E-state index in [0.29, 0.717) is 43.3 Å². The number of morpholine rings is 1. The first-order valence-electron chi connectivity index (χ1n) is 14.3. The third kappa shape index (κ3) is 7.87. The Balaban J connectivity index is 1.35. The van der Waals surface area contributed by atoms with E-state index in [1.54, 1.807) is 12.3 Å². The van der Waals surface area contributed by atoms with Crippen molar-refractivity contribution in [1.29, 1.82) is 0 Å². The lowest BCUT2D eigenvalue weighted by Crippen LogP contribution is -2.45. The molecular weight excluding hydrogens is 580 g/mol. The number of nitrogens with one attached hydrogen (secondary N) is 1. The third-order valence-corrected chi connectivity index (χ3v) is 9.07. The molecule has 0 spiro atoms. The SMILES string of the molecule is O=C(NCc1ccccn1)[C@H](c1ccccc1)N(Cc1ccccc1)C(=O)COc1ccc(S(=O)(=O)N2CCOCC2)cc1. The fourth-order valence-electron chi connectivity index (χ4n) is 4.86. The van der Waals surface area contributed by atoms with Crippen LogP contribution in [0.2, 0.25) is 0 Å². The number of carbonyl (C=O) groups is 2. The molecule has 44 heavy (non-hydrogen) atoms. The summed E-state index contributed by atoms with van der Waals surface area (Å²) in [6.07, 6.45) is 1.66. The van der Waals surface area contributed by atoms with E-state index < -0.39 is 22.0 Å². The first-order chi connectivity index (χ1) is 21.4. The molecule has 1 saturated heterocycles. The van der Waals surface area contributed by atoms with Crippen LogP contribution >= 0.6 is 0 Å². The van der Waals surface area contributed by atoms with Gasteiger partial charge >= 0.3 is 0 Å². The summed E-state index contributed by atoms with van der Waals surface area (Å²) in [6.45, 7) is 1.30. The zero-order valence-electron chi connectivity index (χ0n) is 24.1. The van der Waals surface area contributed by atoms with Crippen LogP contribution < -0.4 is 10.1 Å². The maximum atomic E-state index is 13.8. The van der Waals surface area contributed by atoms with Crippen molar-refractivity contribution in [2.24, 2.45) is 0 Å². The molecule has 0 bridgehead atoms. The van der Waals surface area contributed by atoms with Crippen molar-refractivity contribution in [3.05, 3.63) is 126 Å². The summed E-state index contributed by atoms with van der Waals surface area (Å²) in [5.74, 6) is -0.445. The van der Waals surface area contributed by atoms with Gasteiger partial charge in [0.1, 0.15) is 11.8 Å². The summed E-state index contributed by atoms with van der Waals surface area (Å²) in [7, 11) is -3.66. The summed E-state index contributed by atoms with van der Waals surface area (Å²) in [5, 5.41) is 2.93. The van der Waals surface area contributed by atoms with Gasteiger partial charge in [-0.05, 0) is 47.5 Å². The summed E-state index contributed by atoms with van der Waals surface area (Å²) >= 11 is 0. The quantitative estimate of drug-likeness (QED) is 0.259. The lowest BCUT2D eigenvalue weighted by molar-refractivity contribution is -0.143. The largest absolute Gasteiger partial charge is 0.484 e. The highest BCUT2D eigenvalue weighted by atomic mass is 32.2. The Labute approximate surface area is 257 Å². The van der Waals surface area contributed by atoms with Crippen molar-refractivity contribution < 1.29 is 27.5 Å². The number of rotatable bonds is 12. The Morgan fingerprint density at radius 2 is 1.55 bits per heavy atom. The maximum Gasteiger partial charge on any atom is 0.261 e. The standard InChI is InChI=1S/C33H34N4O6S/c38-31(25-43-29-14-16-30(17-15-29)44(40,41)36-19-21-42-22-20-36)37(24-26-9-3-1-4-10-26)32(27-11-5-2-6-12-27)33(39)35-23-28-13-7-8-18-34-28/h1-18,32H,19-25H2,(H,35,39)/t32-/m0/s1. The molecular formula is C33H34N4O6S. The van der Waals surface area contributed by atoms with Crippen LogP contribution in [-0.2, 0) is 37.4 Å². The molecule has 5 rings (SSSR count). The van der Waals surface area contributed by atoms with Crippen LogP contribution in [0.1, 0.15) is 22.9 Å². The van der Waals surface area contributed by atoms with Gasteiger partial charge in [-0.15, -0.1) is 0 Å². The van der Waals surface area contributed by atoms with Gasteiger partial charge in [-0.1, -0.05) is 66.7 Å². The third-order valence-electron chi connectivity index (χ3n) is 7.16. The van der Waals surface area contributed by atoms with Gasteiger partial charge in [0.25, 0.3) is 5.91 Å². The highest BCUT2D eigenvalue weighted by Gasteiger charge is 2.32. The summed E-state index contributed by atoms with van der Waals surface area (Å²) in [5.41, 5.74) is 2.18. The van der Waals surface area contributed by atoms with Crippen LogP contribution in [-0.4, -0.2) is 67.3 Å². The van der Waals surface area contributed by atoms with Gasteiger partial charge in [0, 0.05) is 25.8 Å². The Morgan fingerprint density at radius 1 is 0.886 bits per heavy atom. The van der Waals surface area contributed by atoms with Crippen LogP contribution in [0.4, 0.5) is 0 Å². The average Bonchev–Trinajstić information content (AvgIpc) is 3.08. The lowest BCUT2D eigenvalue weighted by Gasteiger charge is -2.31. The Bertz CT molecular complexity index is 1620. The summed E-state index contributed by atoms with van der Waals surface area (Å²) in [6, 6.07) is 29.0. The van der Waals surface area contributed by atoms with Gasteiger partial charge in [-0.2, -0.15) is 4.31 Å². The van der Waals surface area contributed by atoms with Crippen molar-refractivity contribution in [2.45, 2.75) is 24.0 Å². The number of carbonyl (C=O) groups excluding carboxylic acids is 2. The molecule has 0 aliphatic carbocycles. The molecule has 2 amide bonds. The Kier molecular flexibility index (Phi) is 10.3. The van der Waals surface area contributed by atoms with Gasteiger partial charge in [-0.3, -0.25) is 14.6 Å². The van der Waals surface area contributed by atoms with Crippen molar-refractivity contribution in [3.63, 3.8) is 0 Å². The van der Waals surface area contributed by atoms with E-state index in [2.05, 4.69) is 10.3 Å². The normalized spacial score (nSPS) is 14.4. The molecule has 0 unspecified atom stereocenters. The zero-order chi connectivity index (χ0) is 30.8. The van der Waals surface area contributed by atoms with Gasteiger partial charge < -0.3 is 19.7 Å². The predicted octanol–water partition coefficient (Wildman–Crippen LogP) is 3.57. The molecule has 1 aromatic heterocycles. The molecule has 1 aliphatic heterocycles. The number of benzene rings is 3. The molecule has 0 radical (unpaired) electrons. The number of aromatic nitrogens is 1. The van der Waals surface area contributed by atoms with Gasteiger partial charge in [0.2, 0.25) is 15.9 Å². The van der Waals surface area contributed by atoms with Gasteiger partial charge in [-0.25, -0.2) is 8.42 Å². The molecule has 1 aliphatic rings. The number of nitrogens with zero attached hydrogens (tertiary/aromatic N) is 3. The smallest absolute Gasteiger partial charge is 0.261 e. The minimum atomic E-state index is -3.66. The molecule has 1 atom stereocenters. The van der Waals surface area contributed by atoms with Gasteiger partial charge in [0.15, 0.2) is 6.61 Å². The second kappa shape index (κ2) is 14.7. The van der Waals surface area contributed by atoms with Crippen LogP contribution in [0.5, 0.6) is 5.75 Å². The molecule has 228 valence electrons. The van der Waals surface area contributed by atoms with Crippen molar-refractivity contribution in [2.75, 3.05) is 32.9 Å². The maximum absolute atomic E-state index is 13.8. The van der Waals surface area contributed by atoms with E-state index in [1.807, 2.05) is 72.8 Å². The van der Waals surface area contributed by atoms with Crippen molar-refractivity contribution >= 4 is 21.8 Å². The van der Waals surface area contributed by atoms with E-state index in [9.17, 15) is 18.0 Å². The molecule has 1 fully saturated rings. The number of ether oxygens (including phenoxy) is 2. The van der Waals surface area contributed by atoms with Crippen LogP contribution in [0.3, 0.4) is 0 Å². The first-order valence-corrected chi connectivity index (χ1v) is 15.7. The number of hydrogen-bond donors (Lipinski definition) is 1. The van der Waals surface area contributed by atoms with Crippen LogP contribution in [0, 0.1) is 0 Å². The Hall–Kier alpha value is -4.58. The monoisotopic (exact) mass is 614 g/mol. The van der Waals surface area contributed by atoms with Crippen molar-refractivity contribution in [1.82, 2.24) is 19.5 Å². The molecule has 1 N–H and O–H groups in total. The minimum absolute atomic E-state index is 0.137. The second-order valence-corrected chi connectivity index (χ2v) is 12.1. The fourth-order valence-corrected chi connectivity index (χ4v) is 6.27. The minimum Gasteiger partial charge on any atom is -0.484 e. The van der Waals surface area contributed by atoms with E-state index >= 15 is 0 Å². The summed E-state index contributed by atoms with van der Waals surface area (Å²) < 4.78 is 38.4. The zero-order valence-corrected chi connectivity index (χ0v) is 24.9. The molecule has 11 heteroatoms. The second-order valence-electron chi connectivity index (χ2n) is 10.1. The molecule has 4 aromatic rings. The summed E-state index contributed by atoms with van der Waals surface area (Å²) in [4.78, 5) is 33.5. The average molecular weight is 615 g/mol. The van der Waals surface area contributed by atoms with E-state index in [4.69, 9.17) is 9.47 Å². The molecule has 3 aromatic carbocycles. The van der Waals surface area contributed by atoms with Gasteiger partial charge in [0.05, 0.1) is 30.3 Å². The predicted molar refractivity (Wildman–Crippen MR) is 164 cm³/mol. The highest BCUT2D eigenvalue weighted by molar-refractivity contribution is 7.89. The fraction of sp³-hybridized carbons (Fsp3) is 0.242.